The van der Waals surface area contributed by atoms with Crippen molar-refractivity contribution >= 4 is 5.91 Å². The molecule has 0 aromatic heterocycles. The Balaban J connectivity index is 1.90. The number of carbonyl (C=O) groups is 1. The van der Waals surface area contributed by atoms with Gasteiger partial charge in [0.1, 0.15) is 5.75 Å². The van der Waals surface area contributed by atoms with Gasteiger partial charge < -0.3 is 20.8 Å². The maximum atomic E-state index is 12.4. The molecule has 1 aromatic rings. The predicted octanol–water partition coefficient (Wildman–Crippen LogP) is 0.883. The van der Waals surface area contributed by atoms with E-state index in [2.05, 4.69) is 0 Å². The molecule has 0 saturated carbocycles. The van der Waals surface area contributed by atoms with E-state index in [0.29, 0.717) is 18.9 Å². The molecule has 1 aliphatic heterocycles. The van der Waals surface area contributed by atoms with E-state index in [1.54, 1.807) is 24.3 Å². The van der Waals surface area contributed by atoms with Gasteiger partial charge in [-0.05, 0) is 49.3 Å². The third-order valence-electron chi connectivity index (χ3n) is 4.08. The van der Waals surface area contributed by atoms with Crippen LogP contribution in [0.15, 0.2) is 24.3 Å². The lowest BCUT2D eigenvalue weighted by molar-refractivity contribution is -0.134. The van der Waals surface area contributed by atoms with Crippen LogP contribution in [0, 0.1) is 5.92 Å². The highest BCUT2D eigenvalue weighted by atomic mass is 16.3. The monoisotopic (exact) mass is 292 g/mol. The van der Waals surface area contributed by atoms with Crippen LogP contribution in [0.2, 0.25) is 0 Å². The minimum Gasteiger partial charge on any atom is -0.508 e. The van der Waals surface area contributed by atoms with Gasteiger partial charge in [0.05, 0.1) is 6.04 Å². The van der Waals surface area contributed by atoms with Crippen molar-refractivity contribution in [1.82, 2.24) is 4.90 Å². The van der Waals surface area contributed by atoms with E-state index in [1.165, 1.54) is 0 Å². The largest absolute Gasteiger partial charge is 0.508 e. The number of nitrogens with two attached hydrogens (primary N) is 1. The number of rotatable bonds is 5. The van der Waals surface area contributed by atoms with Crippen molar-refractivity contribution in [2.75, 3.05) is 19.7 Å². The number of nitrogens with zero attached hydrogens (tertiary/aromatic N) is 1. The molecular formula is C16H24N2O3. The van der Waals surface area contributed by atoms with Gasteiger partial charge in [-0.1, -0.05) is 12.1 Å². The summed E-state index contributed by atoms with van der Waals surface area (Å²) in [6, 6.07) is 6.22. The number of phenolic OH excluding ortho intramolecular Hbond substituents is 1. The molecule has 4 N–H and O–H groups in total. The average Bonchev–Trinajstić information content (AvgIpc) is 2.49. The lowest BCUT2D eigenvalue weighted by atomic mass is 9.94. The Morgan fingerprint density at radius 2 is 2.10 bits per heavy atom. The number of phenols is 1. The summed E-state index contributed by atoms with van der Waals surface area (Å²) in [6.45, 7) is 1.62. The van der Waals surface area contributed by atoms with E-state index >= 15 is 0 Å². The van der Waals surface area contributed by atoms with E-state index < -0.39 is 6.04 Å². The van der Waals surface area contributed by atoms with Gasteiger partial charge in [-0.25, -0.2) is 0 Å². The predicted molar refractivity (Wildman–Crippen MR) is 80.8 cm³/mol. The standard InChI is InChI=1S/C16H24N2O3/c17-15(10-12-3-5-14(20)6-4-12)16(21)18-8-1-2-13(11-18)7-9-19/h3-6,13,15,19-20H,1-2,7-11,17H2/t13?,15-/m0/s1. The quantitative estimate of drug-likeness (QED) is 0.752. The first-order chi connectivity index (χ1) is 10.1. The summed E-state index contributed by atoms with van der Waals surface area (Å²) in [5.74, 6) is 0.570. The molecule has 0 aliphatic carbocycles. The van der Waals surface area contributed by atoms with Gasteiger partial charge in [-0.15, -0.1) is 0 Å². The molecule has 0 spiro atoms. The van der Waals surface area contributed by atoms with Crippen LogP contribution in [0.25, 0.3) is 0 Å². The fraction of sp³-hybridized carbons (Fsp3) is 0.562. The van der Waals surface area contributed by atoms with Gasteiger partial charge in [0, 0.05) is 19.7 Å². The van der Waals surface area contributed by atoms with Crippen molar-refractivity contribution in [3.63, 3.8) is 0 Å². The number of likely N-dealkylation sites (tertiary alicyclic amines) is 1. The van der Waals surface area contributed by atoms with E-state index in [1.807, 2.05) is 4.90 Å². The summed E-state index contributed by atoms with van der Waals surface area (Å²) in [5.41, 5.74) is 6.98. The molecule has 21 heavy (non-hydrogen) atoms. The van der Waals surface area contributed by atoms with Crippen molar-refractivity contribution in [1.29, 1.82) is 0 Å². The smallest absolute Gasteiger partial charge is 0.239 e. The van der Waals surface area contributed by atoms with E-state index in [0.717, 1.165) is 31.4 Å². The number of hydrogen-bond donors (Lipinski definition) is 3. The molecule has 1 amide bonds. The van der Waals surface area contributed by atoms with Crippen molar-refractivity contribution in [2.45, 2.75) is 31.7 Å². The van der Waals surface area contributed by atoms with Crippen LogP contribution in [0.3, 0.4) is 0 Å². The average molecular weight is 292 g/mol. The molecule has 5 heteroatoms. The molecule has 2 rings (SSSR count). The third-order valence-corrected chi connectivity index (χ3v) is 4.08. The zero-order valence-electron chi connectivity index (χ0n) is 12.2. The molecule has 116 valence electrons. The van der Waals surface area contributed by atoms with Crippen LogP contribution >= 0.6 is 0 Å². The summed E-state index contributed by atoms with van der Waals surface area (Å²) in [7, 11) is 0. The van der Waals surface area contributed by atoms with Crippen molar-refractivity contribution in [2.24, 2.45) is 11.7 Å². The molecule has 0 radical (unpaired) electrons. The maximum Gasteiger partial charge on any atom is 0.239 e. The molecule has 2 atom stereocenters. The first-order valence-electron chi connectivity index (χ1n) is 7.53. The fourth-order valence-corrected chi connectivity index (χ4v) is 2.89. The zero-order chi connectivity index (χ0) is 15.2. The van der Waals surface area contributed by atoms with Crippen LogP contribution in [-0.4, -0.2) is 46.8 Å². The zero-order valence-corrected chi connectivity index (χ0v) is 12.2. The number of carbonyl (C=O) groups excluding carboxylic acids is 1. The Morgan fingerprint density at radius 3 is 2.76 bits per heavy atom. The summed E-state index contributed by atoms with van der Waals surface area (Å²) in [6.07, 6.45) is 3.26. The minimum atomic E-state index is -0.553. The Hall–Kier alpha value is -1.59. The second-order valence-electron chi connectivity index (χ2n) is 5.78. The second-order valence-corrected chi connectivity index (χ2v) is 5.78. The first kappa shape index (κ1) is 15.8. The maximum absolute atomic E-state index is 12.4. The summed E-state index contributed by atoms with van der Waals surface area (Å²) in [5, 5.41) is 18.3. The van der Waals surface area contributed by atoms with Crippen LogP contribution in [0.5, 0.6) is 5.75 Å². The van der Waals surface area contributed by atoms with Crippen LogP contribution < -0.4 is 5.73 Å². The Kier molecular flexibility index (Phi) is 5.59. The highest BCUT2D eigenvalue weighted by Crippen LogP contribution is 2.20. The van der Waals surface area contributed by atoms with Gasteiger partial charge in [0.2, 0.25) is 5.91 Å². The van der Waals surface area contributed by atoms with Gasteiger partial charge in [0.15, 0.2) is 0 Å². The second kappa shape index (κ2) is 7.43. The number of aliphatic hydroxyl groups excluding tert-OH is 1. The molecule has 1 fully saturated rings. The lowest BCUT2D eigenvalue weighted by Gasteiger charge is -2.34. The molecule has 5 nitrogen and oxygen atoms in total. The number of aliphatic hydroxyl groups is 1. The number of aromatic hydroxyl groups is 1. The van der Waals surface area contributed by atoms with E-state index in [-0.39, 0.29) is 18.3 Å². The number of benzene rings is 1. The molecule has 1 heterocycles. The minimum absolute atomic E-state index is 0.0225. The van der Waals surface area contributed by atoms with Gasteiger partial charge in [-0.3, -0.25) is 4.79 Å². The number of hydrogen-bond acceptors (Lipinski definition) is 4. The highest BCUT2D eigenvalue weighted by Gasteiger charge is 2.26. The van der Waals surface area contributed by atoms with Crippen LogP contribution in [0.4, 0.5) is 0 Å². The van der Waals surface area contributed by atoms with Crippen LogP contribution in [0.1, 0.15) is 24.8 Å². The lowest BCUT2D eigenvalue weighted by Crippen LogP contribution is -2.48. The molecule has 1 saturated heterocycles. The molecule has 1 aromatic carbocycles. The van der Waals surface area contributed by atoms with Crippen LogP contribution in [-0.2, 0) is 11.2 Å². The summed E-state index contributed by atoms with van der Waals surface area (Å²) in [4.78, 5) is 14.2. The Bertz CT molecular complexity index is 459. The van der Waals surface area contributed by atoms with E-state index in [4.69, 9.17) is 10.8 Å². The number of amides is 1. The normalized spacial score (nSPS) is 20.3. The summed E-state index contributed by atoms with van der Waals surface area (Å²) >= 11 is 0. The SMILES string of the molecule is N[C@@H](Cc1ccc(O)cc1)C(=O)N1CCCC(CCO)C1. The summed E-state index contributed by atoms with van der Waals surface area (Å²) < 4.78 is 0. The topological polar surface area (TPSA) is 86.8 Å². The van der Waals surface area contributed by atoms with Crippen molar-refractivity contribution < 1.29 is 15.0 Å². The highest BCUT2D eigenvalue weighted by molar-refractivity contribution is 5.82. The Labute approximate surface area is 125 Å². The fourth-order valence-electron chi connectivity index (χ4n) is 2.89. The van der Waals surface area contributed by atoms with Crippen molar-refractivity contribution in [3.8, 4) is 5.75 Å². The van der Waals surface area contributed by atoms with Gasteiger partial charge in [0.25, 0.3) is 0 Å². The molecule has 0 bridgehead atoms. The molecular weight excluding hydrogens is 268 g/mol. The van der Waals surface area contributed by atoms with Crippen molar-refractivity contribution in [3.05, 3.63) is 29.8 Å². The molecule has 1 aliphatic rings. The Morgan fingerprint density at radius 1 is 1.38 bits per heavy atom. The van der Waals surface area contributed by atoms with Gasteiger partial charge >= 0.3 is 0 Å². The van der Waals surface area contributed by atoms with E-state index in [9.17, 15) is 9.90 Å². The number of piperidine rings is 1. The third kappa shape index (κ3) is 4.44. The molecule has 1 unspecified atom stereocenters. The first-order valence-corrected chi connectivity index (χ1v) is 7.53. The van der Waals surface area contributed by atoms with Gasteiger partial charge in [-0.2, -0.15) is 0 Å².